The predicted octanol–water partition coefficient (Wildman–Crippen LogP) is 2.63. The van der Waals surface area contributed by atoms with Gasteiger partial charge in [0.2, 0.25) is 5.91 Å². The molecular formula is C16H22N2O3. The third-order valence-corrected chi connectivity index (χ3v) is 3.86. The Kier molecular flexibility index (Phi) is 4.30. The van der Waals surface area contributed by atoms with Crippen molar-refractivity contribution >= 4 is 11.9 Å². The van der Waals surface area contributed by atoms with E-state index in [1.807, 2.05) is 26.8 Å². The van der Waals surface area contributed by atoms with Crippen LogP contribution in [-0.2, 0) is 9.59 Å². The monoisotopic (exact) mass is 290 g/mol. The average Bonchev–Trinajstić information content (AvgIpc) is 2.58. The molecule has 2 heterocycles. The summed E-state index contributed by atoms with van der Waals surface area (Å²) in [6.45, 7) is 5.81. The highest BCUT2D eigenvalue weighted by Crippen LogP contribution is 2.39. The summed E-state index contributed by atoms with van der Waals surface area (Å²) in [7, 11) is 0. The number of nitrogens with zero attached hydrogens (tertiary/aromatic N) is 2. The van der Waals surface area contributed by atoms with Crippen LogP contribution in [0, 0.1) is 5.92 Å². The highest BCUT2D eigenvalue weighted by Gasteiger charge is 2.43. The lowest BCUT2D eigenvalue weighted by molar-refractivity contribution is -0.149. The van der Waals surface area contributed by atoms with E-state index in [9.17, 15) is 14.7 Å². The molecule has 0 aliphatic carbocycles. The van der Waals surface area contributed by atoms with Gasteiger partial charge in [0, 0.05) is 18.2 Å². The number of hydrogen-bond acceptors (Lipinski definition) is 3. The van der Waals surface area contributed by atoms with Crippen LogP contribution in [0.1, 0.15) is 51.8 Å². The Balaban J connectivity index is 2.55. The SMILES string of the molecule is CC(C)(C)N1C(=O)CCCC(C(=O)O)C1c1ccccn1. The summed E-state index contributed by atoms with van der Waals surface area (Å²) < 4.78 is 0. The molecule has 1 aromatic rings. The van der Waals surface area contributed by atoms with E-state index in [1.54, 1.807) is 23.2 Å². The minimum absolute atomic E-state index is 0.00176. The number of rotatable bonds is 2. The van der Waals surface area contributed by atoms with Crippen LogP contribution in [0.2, 0.25) is 0 Å². The molecule has 1 aliphatic rings. The van der Waals surface area contributed by atoms with Crippen LogP contribution in [0.25, 0.3) is 0 Å². The molecule has 1 saturated heterocycles. The number of aromatic nitrogens is 1. The maximum atomic E-state index is 12.5. The number of pyridine rings is 1. The summed E-state index contributed by atoms with van der Waals surface area (Å²) >= 11 is 0. The maximum Gasteiger partial charge on any atom is 0.309 e. The number of likely N-dealkylation sites (tertiary alicyclic amines) is 1. The molecular weight excluding hydrogens is 268 g/mol. The summed E-state index contributed by atoms with van der Waals surface area (Å²) in [5.74, 6) is -1.48. The molecule has 21 heavy (non-hydrogen) atoms. The maximum absolute atomic E-state index is 12.5. The second kappa shape index (κ2) is 5.84. The fraction of sp³-hybridized carbons (Fsp3) is 0.562. The zero-order valence-electron chi connectivity index (χ0n) is 12.7. The average molecular weight is 290 g/mol. The van der Waals surface area contributed by atoms with Crippen molar-refractivity contribution in [1.29, 1.82) is 0 Å². The lowest BCUT2D eigenvalue weighted by Crippen LogP contribution is -2.50. The van der Waals surface area contributed by atoms with Gasteiger partial charge in [-0.3, -0.25) is 14.6 Å². The summed E-state index contributed by atoms with van der Waals surface area (Å²) in [4.78, 5) is 30.2. The fourth-order valence-electron chi connectivity index (χ4n) is 3.03. The van der Waals surface area contributed by atoms with E-state index in [1.165, 1.54) is 0 Å². The lowest BCUT2D eigenvalue weighted by Gasteiger charge is -2.42. The van der Waals surface area contributed by atoms with Gasteiger partial charge < -0.3 is 10.0 Å². The molecule has 0 aromatic carbocycles. The molecule has 1 N–H and O–H groups in total. The minimum atomic E-state index is -0.866. The lowest BCUT2D eigenvalue weighted by atomic mass is 9.89. The second-order valence-electron chi connectivity index (χ2n) is 6.47. The number of hydrogen-bond donors (Lipinski definition) is 1. The van der Waals surface area contributed by atoms with E-state index in [-0.39, 0.29) is 5.91 Å². The predicted molar refractivity (Wildman–Crippen MR) is 78.6 cm³/mol. The molecule has 5 nitrogen and oxygen atoms in total. The standard InChI is InChI=1S/C16H22N2O3/c1-16(2,3)18-13(19)9-6-7-11(15(20)21)14(18)12-8-4-5-10-17-12/h4-5,8,10-11,14H,6-7,9H2,1-3H3,(H,20,21). The molecule has 0 spiro atoms. The van der Waals surface area contributed by atoms with Gasteiger partial charge in [0.1, 0.15) is 0 Å². The van der Waals surface area contributed by atoms with Gasteiger partial charge in [0.25, 0.3) is 0 Å². The second-order valence-corrected chi connectivity index (χ2v) is 6.47. The molecule has 2 atom stereocenters. The molecule has 1 aliphatic heterocycles. The highest BCUT2D eigenvalue weighted by atomic mass is 16.4. The minimum Gasteiger partial charge on any atom is -0.481 e. The van der Waals surface area contributed by atoms with Gasteiger partial charge in [-0.2, -0.15) is 0 Å². The zero-order chi connectivity index (χ0) is 15.6. The Morgan fingerprint density at radius 1 is 1.38 bits per heavy atom. The van der Waals surface area contributed by atoms with Gasteiger partial charge in [-0.25, -0.2) is 0 Å². The van der Waals surface area contributed by atoms with Crippen molar-refractivity contribution in [3.63, 3.8) is 0 Å². The Morgan fingerprint density at radius 3 is 2.62 bits per heavy atom. The van der Waals surface area contributed by atoms with Gasteiger partial charge in [-0.15, -0.1) is 0 Å². The number of carboxylic acids is 1. The smallest absolute Gasteiger partial charge is 0.309 e. The topological polar surface area (TPSA) is 70.5 Å². The van der Waals surface area contributed by atoms with Crippen LogP contribution in [0.3, 0.4) is 0 Å². The summed E-state index contributed by atoms with van der Waals surface area (Å²) in [5.41, 5.74) is 0.201. The molecule has 114 valence electrons. The van der Waals surface area contributed by atoms with E-state index in [0.29, 0.717) is 25.0 Å². The number of aliphatic carboxylic acids is 1. The van der Waals surface area contributed by atoms with Crippen molar-refractivity contribution < 1.29 is 14.7 Å². The molecule has 0 saturated carbocycles. The molecule has 2 rings (SSSR count). The highest BCUT2D eigenvalue weighted by molar-refractivity contribution is 5.80. The van der Waals surface area contributed by atoms with E-state index < -0.39 is 23.5 Å². The summed E-state index contributed by atoms with van der Waals surface area (Å²) in [5, 5.41) is 9.60. The van der Waals surface area contributed by atoms with Gasteiger partial charge in [-0.05, 0) is 45.7 Å². The Labute approximate surface area is 125 Å². The van der Waals surface area contributed by atoms with E-state index in [2.05, 4.69) is 4.98 Å². The summed E-state index contributed by atoms with van der Waals surface area (Å²) in [6.07, 6.45) is 3.13. The van der Waals surface area contributed by atoms with Gasteiger partial charge in [-0.1, -0.05) is 6.07 Å². The van der Waals surface area contributed by atoms with Crippen molar-refractivity contribution in [1.82, 2.24) is 9.88 Å². The number of carboxylic acid groups (broad SMARTS) is 1. The molecule has 1 fully saturated rings. The molecule has 0 bridgehead atoms. The first-order valence-electron chi connectivity index (χ1n) is 7.28. The van der Waals surface area contributed by atoms with Crippen molar-refractivity contribution in [3.05, 3.63) is 30.1 Å². The van der Waals surface area contributed by atoms with Crippen molar-refractivity contribution in [2.45, 2.75) is 51.6 Å². The first kappa shape index (κ1) is 15.5. The first-order chi connectivity index (χ1) is 9.82. The van der Waals surface area contributed by atoms with Gasteiger partial charge in [0.05, 0.1) is 17.7 Å². The molecule has 1 amide bonds. The number of amides is 1. The van der Waals surface area contributed by atoms with Crippen LogP contribution in [0.15, 0.2) is 24.4 Å². The molecule has 0 radical (unpaired) electrons. The van der Waals surface area contributed by atoms with Gasteiger partial charge >= 0.3 is 5.97 Å². The third kappa shape index (κ3) is 3.23. The number of carbonyl (C=O) groups is 2. The fourth-order valence-corrected chi connectivity index (χ4v) is 3.03. The molecule has 5 heteroatoms. The van der Waals surface area contributed by atoms with Crippen LogP contribution >= 0.6 is 0 Å². The van der Waals surface area contributed by atoms with Crippen molar-refractivity contribution in [3.8, 4) is 0 Å². The number of carbonyl (C=O) groups excluding carboxylic acids is 1. The van der Waals surface area contributed by atoms with Gasteiger partial charge in [0.15, 0.2) is 0 Å². The Morgan fingerprint density at radius 2 is 2.10 bits per heavy atom. The zero-order valence-corrected chi connectivity index (χ0v) is 12.7. The third-order valence-electron chi connectivity index (χ3n) is 3.86. The Hall–Kier alpha value is -1.91. The normalized spacial score (nSPS) is 23.8. The molecule has 2 unspecified atom stereocenters. The van der Waals surface area contributed by atoms with E-state index in [4.69, 9.17) is 0 Å². The Bertz CT molecular complexity index is 522. The van der Waals surface area contributed by atoms with Crippen LogP contribution < -0.4 is 0 Å². The van der Waals surface area contributed by atoms with Crippen LogP contribution in [-0.4, -0.2) is 32.4 Å². The van der Waals surface area contributed by atoms with Crippen LogP contribution in [0.5, 0.6) is 0 Å². The summed E-state index contributed by atoms with van der Waals surface area (Å²) in [6, 6.07) is 4.91. The van der Waals surface area contributed by atoms with E-state index >= 15 is 0 Å². The van der Waals surface area contributed by atoms with E-state index in [0.717, 1.165) is 0 Å². The van der Waals surface area contributed by atoms with Crippen molar-refractivity contribution in [2.75, 3.05) is 0 Å². The molecule has 1 aromatic heterocycles. The first-order valence-corrected chi connectivity index (χ1v) is 7.28. The van der Waals surface area contributed by atoms with Crippen molar-refractivity contribution in [2.24, 2.45) is 5.92 Å². The van der Waals surface area contributed by atoms with Crippen LogP contribution in [0.4, 0.5) is 0 Å². The quantitative estimate of drug-likeness (QED) is 0.909. The largest absolute Gasteiger partial charge is 0.481 e.